The molecule has 0 aromatic carbocycles. The molecule has 140 valence electrons. The highest BCUT2D eigenvalue weighted by atomic mass is 32.1. The molecule has 0 radical (unpaired) electrons. The van der Waals surface area contributed by atoms with Crippen LogP contribution < -0.4 is 4.90 Å². The van der Waals surface area contributed by atoms with Crippen LogP contribution in [0.4, 0.5) is 5.13 Å². The summed E-state index contributed by atoms with van der Waals surface area (Å²) in [5.74, 6) is 0. The van der Waals surface area contributed by atoms with Gasteiger partial charge in [0.15, 0.2) is 5.13 Å². The maximum atomic E-state index is 6.12. The van der Waals surface area contributed by atoms with Crippen molar-refractivity contribution in [1.82, 2.24) is 14.9 Å². The maximum Gasteiger partial charge on any atom is 0.185 e. The Morgan fingerprint density at radius 2 is 2.15 bits per heavy atom. The van der Waals surface area contributed by atoms with Gasteiger partial charge < -0.3 is 14.4 Å². The van der Waals surface area contributed by atoms with Crippen molar-refractivity contribution in [2.75, 3.05) is 44.3 Å². The Morgan fingerprint density at radius 1 is 1.23 bits per heavy atom. The number of thiazole rings is 1. The van der Waals surface area contributed by atoms with E-state index in [1.54, 1.807) is 6.20 Å². The molecule has 0 amide bonds. The molecule has 2 saturated heterocycles. The predicted octanol–water partition coefficient (Wildman–Crippen LogP) is 2.56. The number of piperidine rings is 1. The Morgan fingerprint density at radius 3 is 3.00 bits per heavy atom. The van der Waals surface area contributed by atoms with Crippen LogP contribution in [-0.4, -0.2) is 60.4 Å². The number of hydrogen-bond donors (Lipinski definition) is 0. The van der Waals surface area contributed by atoms with Crippen LogP contribution in [0.15, 0.2) is 30.7 Å². The van der Waals surface area contributed by atoms with Crippen LogP contribution in [0.1, 0.15) is 23.3 Å². The van der Waals surface area contributed by atoms with E-state index in [1.807, 2.05) is 29.8 Å². The second-order valence-electron chi connectivity index (χ2n) is 6.88. The van der Waals surface area contributed by atoms with Gasteiger partial charge >= 0.3 is 0 Å². The Kier molecular flexibility index (Phi) is 6.11. The first-order chi connectivity index (χ1) is 12.9. The predicted molar refractivity (Wildman–Crippen MR) is 102 cm³/mol. The fraction of sp³-hybridized carbons (Fsp3) is 0.579. The fourth-order valence-electron chi connectivity index (χ4n) is 3.48. The zero-order valence-corrected chi connectivity index (χ0v) is 15.9. The highest BCUT2D eigenvalue weighted by Gasteiger charge is 2.22. The van der Waals surface area contributed by atoms with Gasteiger partial charge in [0, 0.05) is 49.6 Å². The van der Waals surface area contributed by atoms with Crippen molar-refractivity contribution in [3.8, 4) is 0 Å². The fourth-order valence-corrected chi connectivity index (χ4v) is 4.49. The summed E-state index contributed by atoms with van der Waals surface area (Å²) in [7, 11) is 0. The Hall–Kier alpha value is -1.54. The van der Waals surface area contributed by atoms with Gasteiger partial charge in [-0.25, -0.2) is 4.98 Å². The van der Waals surface area contributed by atoms with E-state index in [4.69, 9.17) is 9.47 Å². The molecular formula is C19H26N4O2S. The Balaban J connectivity index is 1.27. The molecule has 2 aliphatic rings. The van der Waals surface area contributed by atoms with E-state index < -0.39 is 0 Å². The molecule has 2 aliphatic heterocycles. The van der Waals surface area contributed by atoms with Crippen LogP contribution in [0.3, 0.4) is 0 Å². The first-order valence-electron chi connectivity index (χ1n) is 9.37. The van der Waals surface area contributed by atoms with Gasteiger partial charge in [-0.05, 0) is 31.0 Å². The molecule has 0 N–H and O–H groups in total. The Bertz CT molecular complexity index is 675. The van der Waals surface area contributed by atoms with Crippen LogP contribution in [0, 0.1) is 0 Å². The number of anilines is 1. The molecule has 7 heteroatoms. The normalized spacial score (nSPS) is 21.8. The lowest BCUT2D eigenvalue weighted by Gasteiger charge is -2.32. The van der Waals surface area contributed by atoms with Crippen molar-refractivity contribution >= 4 is 16.5 Å². The van der Waals surface area contributed by atoms with Gasteiger partial charge in [-0.15, -0.1) is 11.3 Å². The summed E-state index contributed by atoms with van der Waals surface area (Å²) in [6.07, 6.45) is 8.34. The largest absolute Gasteiger partial charge is 0.378 e. The molecule has 0 spiro atoms. The lowest BCUT2D eigenvalue weighted by molar-refractivity contribution is -0.0119. The van der Waals surface area contributed by atoms with Crippen molar-refractivity contribution in [3.63, 3.8) is 0 Å². The molecule has 2 aromatic rings. The van der Waals surface area contributed by atoms with Crippen LogP contribution in [0.5, 0.6) is 0 Å². The number of rotatable bonds is 6. The van der Waals surface area contributed by atoms with Gasteiger partial charge in [-0.3, -0.25) is 9.88 Å². The van der Waals surface area contributed by atoms with Gasteiger partial charge in [0.2, 0.25) is 0 Å². The number of hydrogen-bond acceptors (Lipinski definition) is 7. The number of likely N-dealkylation sites (tertiary alicyclic amines) is 1. The molecule has 0 saturated carbocycles. The van der Waals surface area contributed by atoms with Crippen LogP contribution >= 0.6 is 11.3 Å². The summed E-state index contributed by atoms with van der Waals surface area (Å²) in [6, 6.07) is 4.03. The Labute approximate surface area is 158 Å². The molecule has 4 rings (SSSR count). The van der Waals surface area contributed by atoms with E-state index in [2.05, 4.69) is 25.8 Å². The summed E-state index contributed by atoms with van der Waals surface area (Å²) in [6.45, 7) is 7.24. The molecule has 1 atom stereocenters. The second-order valence-corrected chi connectivity index (χ2v) is 7.97. The van der Waals surface area contributed by atoms with Crippen LogP contribution in [0.2, 0.25) is 0 Å². The van der Waals surface area contributed by atoms with Crippen molar-refractivity contribution in [3.05, 3.63) is 41.2 Å². The summed E-state index contributed by atoms with van der Waals surface area (Å²) in [5, 5.41) is 1.13. The molecule has 6 nitrogen and oxygen atoms in total. The van der Waals surface area contributed by atoms with Gasteiger partial charge in [-0.2, -0.15) is 0 Å². The summed E-state index contributed by atoms with van der Waals surface area (Å²) in [5.41, 5.74) is 1.14. The van der Waals surface area contributed by atoms with E-state index in [0.29, 0.717) is 12.7 Å². The molecule has 26 heavy (non-hydrogen) atoms. The summed E-state index contributed by atoms with van der Waals surface area (Å²) >= 11 is 1.81. The highest BCUT2D eigenvalue weighted by molar-refractivity contribution is 7.15. The monoisotopic (exact) mass is 374 g/mol. The van der Waals surface area contributed by atoms with E-state index in [-0.39, 0.29) is 0 Å². The van der Waals surface area contributed by atoms with Gasteiger partial charge in [0.1, 0.15) is 0 Å². The molecule has 4 heterocycles. The third kappa shape index (κ3) is 4.79. The van der Waals surface area contributed by atoms with Crippen LogP contribution in [0.25, 0.3) is 0 Å². The summed E-state index contributed by atoms with van der Waals surface area (Å²) < 4.78 is 11.5. The minimum atomic E-state index is 0.301. The average molecular weight is 375 g/mol. The third-order valence-electron chi connectivity index (χ3n) is 4.87. The SMILES string of the molecule is c1cncc(CO[C@@H]2CCCN(Cc3cnc(N4CCOCC4)s3)C2)c1. The molecule has 0 unspecified atom stereocenters. The number of pyridine rings is 1. The van der Waals surface area contributed by atoms with Crippen molar-refractivity contribution in [1.29, 1.82) is 0 Å². The van der Waals surface area contributed by atoms with Crippen molar-refractivity contribution < 1.29 is 9.47 Å². The third-order valence-corrected chi connectivity index (χ3v) is 5.92. The quantitative estimate of drug-likeness (QED) is 0.775. The number of aromatic nitrogens is 2. The summed E-state index contributed by atoms with van der Waals surface area (Å²) in [4.78, 5) is 14.9. The molecule has 2 fully saturated rings. The lowest BCUT2D eigenvalue weighted by Crippen LogP contribution is -2.39. The molecule has 0 aliphatic carbocycles. The van der Waals surface area contributed by atoms with Gasteiger partial charge in [0.05, 0.1) is 25.9 Å². The standard InChI is InChI=1S/C19H26N4O2S/c1-3-16(11-20-5-1)15-25-17-4-2-6-22(13-17)14-18-12-21-19(26-18)23-7-9-24-10-8-23/h1,3,5,11-12,17H,2,4,6-10,13-15H2/t17-/m1/s1. The van der Waals surface area contributed by atoms with Crippen LogP contribution in [-0.2, 0) is 22.6 Å². The second kappa shape index (κ2) is 8.90. The lowest BCUT2D eigenvalue weighted by atomic mass is 10.1. The molecular weight excluding hydrogens is 348 g/mol. The number of ether oxygens (including phenoxy) is 2. The molecule has 2 aromatic heterocycles. The first kappa shape index (κ1) is 17.9. The van der Waals surface area contributed by atoms with Gasteiger partial charge in [0.25, 0.3) is 0 Å². The maximum absolute atomic E-state index is 6.12. The minimum Gasteiger partial charge on any atom is -0.378 e. The smallest absolute Gasteiger partial charge is 0.185 e. The van der Waals surface area contributed by atoms with E-state index in [9.17, 15) is 0 Å². The highest BCUT2D eigenvalue weighted by Crippen LogP contribution is 2.26. The van der Waals surface area contributed by atoms with E-state index in [1.165, 1.54) is 11.3 Å². The van der Waals surface area contributed by atoms with Crippen molar-refractivity contribution in [2.45, 2.75) is 32.1 Å². The zero-order chi connectivity index (χ0) is 17.6. The zero-order valence-electron chi connectivity index (χ0n) is 15.0. The first-order valence-corrected chi connectivity index (χ1v) is 10.2. The van der Waals surface area contributed by atoms with Gasteiger partial charge in [-0.1, -0.05) is 6.07 Å². The number of nitrogens with zero attached hydrogens (tertiary/aromatic N) is 4. The average Bonchev–Trinajstić information content (AvgIpc) is 3.17. The topological polar surface area (TPSA) is 50.7 Å². The molecule has 0 bridgehead atoms. The van der Waals surface area contributed by atoms with Crippen molar-refractivity contribution in [2.24, 2.45) is 0 Å². The van der Waals surface area contributed by atoms with E-state index in [0.717, 1.165) is 63.1 Å². The van der Waals surface area contributed by atoms with E-state index >= 15 is 0 Å². The number of morpholine rings is 1. The minimum absolute atomic E-state index is 0.301.